The van der Waals surface area contributed by atoms with Gasteiger partial charge in [-0.2, -0.15) is 11.8 Å². The number of rotatable bonds is 1. The second-order valence-electron chi connectivity index (χ2n) is 2.94. The minimum Gasteiger partial charge on any atom is -0.242 e. The molecular formula is C8H9BN2S. The highest BCUT2D eigenvalue weighted by atomic mass is 32.2. The van der Waals surface area contributed by atoms with Crippen LogP contribution in [-0.2, 0) is 0 Å². The summed E-state index contributed by atoms with van der Waals surface area (Å²) < 4.78 is 0. The van der Waals surface area contributed by atoms with Gasteiger partial charge in [-0.1, -0.05) is 5.46 Å². The monoisotopic (exact) mass is 176 g/mol. The average molecular weight is 176 g/mol. The van der Waals surface area contributed by atoms with Crippen molar-refractivity contribution in [2.45, 2.75) is 12.3 Å². The second kappa shape index (κ2) is 3.48. The smallest absolute Gasteiger partial charge is 0.132 e. The van der Waals surface area contributed by atoms with Gasteiger partial charge in [0.1, 0.15) is 13.7 Å². The molecule has 1 aromatic heterocycles. The molecule has 2 rings (SSSR count). The largest absolute Gasteiger partial charge is 0.242 e. The Labute approximate surface area is 77.6 Å². The fourth-order valence-corrected chi connectivity index (χ4v) is 2.52. The van der Waals surface area contributed by atoms with E-state index in [2.05, 4.69) is 9.97 Å². The van der Waals surface area contributed by atoms with Gasteiger partial charge in [0, 0.05) is 24.1 Å². The zero-order valence-corrected chi connectivity index (χ0v) is 7.55. The molecule has 0 bridgehead atoms. The third-order valence-electron chi connectivity index (χ3n) is 1.99. The lowest BCUT2D eigenvalue weighted by molar-refractivity contribution is 0.718. The van der Waals surface area contributed by atoms with Gasteiger partial charge in [-0.3, -0.25) is 0 Å². The molecule has 2 radical (unpaired) electrons. The first kappa shape index (κ1) is 8.11. The van der Waals surface area contributed by atoms with E-state index in [9.17, 15) is 0 Å². The van der Waals surface area contributed by atoms with Gasteiger partial charge < -0.3 is 0 Å². The van der Waals surface area contributed by atoms with E-state index in [-0.39, 0.29) is 0 Å². The molecule has 1 saturated heterocycles. The molecule has 1 aromatic rings. The van der Waals surface area contributed by atoms with Crippen LogP contribution >= 0.6 is 11.8 Å². The average Bonchev–Trinajstić information content (AvgIpc) is 2.58. The maximum atomic E-state index is 5.50. The van der Waals surface area contributed by atoms with Crippen molar-refractivity contribution >= 4 is 25.1 Å². The van der Waals surface area contributed by atoms with Crippen LogP contribution < -0.4 is 5.46 Å². The Hall–Kier alpha value is -0.505. The number of hydrogen-bond acceptors (Lipinski definition) is 3. The summed E-state index contributed by atoms with van der Waals surface area (Å²) in [6, 6.07) is 0. The van der Waals surface area contributed by atoms with Crippen LogP contribution in [0.15, 0.2) is 12.4 Å². The number of thioether (sulfide) groups is 1. The van der Waals surface area contributed by atoms with Crippen molar-refractivity contribution in [2.75, 3.05) is 11.5 Å². The summed E-state index contributed by atoms with van der Waals surface area (Å²) in [5.74, 6) is 3.90. The van der Waals surface area contributed by atoms with Gasteiger partial charge in [-0.25, -0.2) is 9.97 Å². The maximum Gasteiger partial charge on any atom is 0.132 e. The SMILES string of the molecule is [B]c1cnc(C2CCSC2)nc1. The highest BCUT2D eigenvalue weighted by Gasteiger charge is 2.19. The van der Waals surface area contributed by atoms with Crippen LogP contribution in [-0.4, -0.2) is 29.3 Å². The molecule has 12 heavy (non-hydrogen) atoms. The summed E-state index contributed by atoms with van der Waals surface area (Å²) in [7, 11) is 5.50. The summed E-state index contributed by atoms with van der Waals surface area (Å²) in [6.07, 6.45) is 4.57. The molecule has 1 aliphatic rings. The molecule has 1 unspecified atom stereocenters. The van der Waals surface area contributed by atoms with E-state index in [4.69, 9.17) is 7.85 Å². The number of hydrogen-bond donors (Lipinski definition) is 0. The molecule has 1 atom stereocenters. The molecule has 60 valence electrons. The van der Waals surface area contributed by atoms with Gasteiger partial charge in [0.2, 0.25) is 0 Å². The van der Waals surface area contributed by atoms with Crippen molar-refractivity contribution in [2.24, 2.45) is 0 Å². The van der Waals surface area contributed by atoms with Crippen LogP contribution in [0.2, 0.25) is 0 Å². The Bertz CT molecular complexity index is 256. The van der Waals surface area contributed by atoms with Crippen LogP contribution in [0.1, 0.15) is 18.2 Å². The summed E-state index contributed by atoms with van der Waals surface area (Å²) in [6.45, 7) is 0. The summed E-state index contributed by atoms with van der Waals surface area (Å²) >= 11 is 1.97. The maximum absolute atomic E-state index is 5.50. The van der Waals surface area contributed by atoms with Gasteiger partial charge in [-0.05, 0) is 12.2 Å². The molecule has 2 heterocycles. The van der Waals surface area contributed by atoms with Crippen molar-refractivity contribution in [1.82, 2.24) is 9.97 Å². The minimum atomic E-state index is 0.551. The van der Waals surface area contributed by atoms with Crippen LogP contribution in [0.25, 0.3) is 0 Å². The van der Waals surface area contributed by atoms with Crippen molar-refractivity contribution in [3.05, 3.63) is 18.2 Å². The third kappa shape index (κ3) is 1.63. The molecular weight excluding hydrogens is 167 g/mol. The molecule has 0 N–H and O–H groups in total. The van der Waals surface area contributed by atoms with Gasteiger partial charge in [0.05, 0.1) is 0 Å². The van der Waals surface area contributed by atoms with Gasteiger partial charge >= 0.3 is 0 Å². The quantitative estimate of drug-likeness (QED) is 0.582. The summed E-state index contributed by atoms with van der Waals surface area (Å²) in [5.41, 5.74) is 0.643. The predicted octanol–water partition coefficient (Wildman–Crippen LogP) is 0.491. The minimum absolute atomic E-state index is 0.551. The molecule has 0 amide bonds. The number of nitrogens with zero attached hydrogens (tertiary/aromatic N) is 2. The fourth-order valence-electron chi connectivity index (χ4n) is 1.30. The Morgan fingerprint density at radius 3 is 2.75 bits per heavy atom. The zero-order chi connectivity index (χ0) is 8.39. The van der Waals surface area contributed by atoms with E-state index in [0.717, 1.165) is 11.6 Å². The van der Waals surface area contributed by atoms with E-state index >= 15 is 0 Å². The predicted molar refractivity (Wildman–Crippen MR) is 52.1 cm³/mol. The van der Waals surface area contributed by atoms with Crippen molar-refractivity contribution in [3.63, 3.8) is 0 Å². The molecule has 0 saturated carbocycles. The summed E-state index contributed by atoms with van der Waals surface area (Å²) in [5, 5.41) is 0. The first-order valence-corrected chi connectivity index (χ1v) is 5.17. The number of aromatic nitrogens is 2. The standard InChI is InChI=1S/C8H9BN2S/c9-7-3-10-8(11-4-7)6-1-2-12-5-6/h3-4,6H,1-2,5H2. The molecule has 1 fully saturated rings. The molecule has 0 aromatic carbocycles. The van der Waals surface area contributed by atoms with Crippen molar-refractivity contribution < 1.29 is 0 Å². The molecule has 4 heteroatoms. The first-order chi connectivity index (χ1) is 5.86. The summed E-state index contributed by atoms with van der Waals surface area (Å²) in [4.78, 5) is 8.42. The fraction of sp³-hybridized carbons (Fsp3) is 0.500. The van der Waals surface area contributed by atoms with Crippen molar-refractivity contribution in [1.29, 1.82) is 0 Å². The highest BCUT2D eigenvalue weighted by Crippen LogP contribution is 2.29. The normalized spacial score (nSPS) is 22.8. The molecule has 1 aliphatic heterocycles. The van der Waals surface area contributed by atoms with Crippen LogP contribution in [0, 0.1) is 0 Å². The van der Waals surface area contributed by atoms with Gasteiger partial charge in [0.15, 0.2) is 0 Å². The molecule has 0 spiro atoms. The highest BCUT2D eigenvalue weighted by molar-refractivity contribution is 7.99. The van der Waals surface area contributed by atoms with E-state index in [0.29, 0.717) is 11.4 Å². The van der Waals surface area contributed by atoms with E-state index in [1.165, 1.54) is 12.2 Å². The van der Waals surface area contributed by atoms with E-state index in [1.54, 1.807) is 12.4 Å². The Morgan fingerprint density at radius 2 is 2.17 bits per heavy atom. The van der Waals surface area contributed by atoms with Crippen molar-refractivity contribution in [3.8, 4) is 0 Å². The lowest BCUT2D eigenvalue weighted by atomic mass is 10.0. The van der Waals surface area contributed by atoms with E-state index < -0.39 is 0 Å². The molecule has 2 nitrogen and oxygen atoms in total. The van der Waals surface area contributed by atoms with E-state index in [1.807, 2.05) is 11.8 Å². The van der Waals surface area contributed by atoms with Gasteiger partial charge in [0.25, 0.3) is 0 Å². The lowest BCUT2D eigenvalue weighted by Gasteiger charge is -2.05. The van der Waals surface area contributed by atoms with Gasteiger partial charge in [-0.15, -0.1) is 0 Å². The van der Waals surface area contributed by atoms with Crippen LogP contribution in [0.5, 0.6) is 0 Å². The Morgan fingerprint density at radius 1 is 1.42 bits per heavy atom. The first-order valence-electron chi connectivity index (χ1n) is 4.01. The zero-order valence-electron chi connectivity index (χ0n) is 6.73. The van der Waals surface area contributed by atoms with Crippen LogP contribution in [0.4, 0.5) is 0 Å². The van der Waals surface area contributed by atoms with Crippen LogP contribution in [0.3, 0.4) is 0 Å². The molecule has 0 aliphatic carbocycles. The Balaban J connectivity index is 2.17. The third-order valence-corrected chi connectivity index (χ3v) is 3.15. The topological polar surface area (TPSA) is 25.8 Å². The second-order valence-corrected chi connectivity index (χ2v) is 4.08. The Kier molecular flexibility index (Phi) is 2.35. The lowest BCUT2D eigenvalue weighted by Crippen LogP contribution is -2.10.